The Hall–Kier alpha value is -1.72. The van der Waals surface area contributed by atoms with E-state index in [4.69, 9.17) is 0 Å². The topological polar surface area (TPSA) is 53.4 Å². The van der Waals surface area contributed by atoms with Gasteiger partial charge in [0.25, 0.3) is 0 Å². The second-order valence-corrected chi connectivity index (χ2v) is 7.11. The summed E-state index contributed by atoms with van der Waals surface area (Å²) in [6, 6.07) is 7.68. The molecule has 2 aromatic rings. The van der Waals surface area contributed by atoms with E-state index in [1.54, 1.807) is 17.5 Å². The number of aryl methyl sites for hydroxylation is 2. The summed E-state index contributed by atoms with van der Waals surface area (Å²) < 4.78 is 0. The molecule has 0 saturated carbocycles. The molecule has 3 heterocycles. The zero-order chi connectivity index (χ0) is 15.7. The van der Waals surface area contributed by atoms with Gasteiger partial charge >= 0.3 is 5.97 Å². The third-order valence-corrected chi connectivity index (χ3v) is 5.30. The summed E-state index contributed by atoms with van der Waals surface area (Å²) >= 11 is 1.73. The lowest BCUT2D eigenvalue weighted by atomic mass is 10.0. The zero-order valence-electron chi connectivity index (χ0n) is 12.8. The van der Waals surface area contributed by atoms with Gasteiger partial charge in [0.15, 0.2) is 0 Å². The SMILES string of the molecule is Cc1ccc(C(c2ncccc2C)N2CCCC2C(=O)O)s1. The highest BCUT2D eigenvalue weighted by molar-refractivity contribution is 7.12. The average molecular weight is 316 g/mol. The minimum absolute atomic E-state index is 0.0662. The van der Waals surface area contributed by atoms with Gasteiger partial charge in [-0.05, 0) is 50.5 Å². The van der Waals surface area contributed by atoms with E-state index in [0.29, 0.717) is 6.42 Å². The Kier molecular flexibility index (Phi) is 4.27. The molecule has 0 bridgehead atoms. The third-order valence-electron chi connectivity index (χ3n) is 4.25. The summed E-state index contributed by atoms with van der Waals surface area (Å²) in [5.74, 6) is -0.732. The standard InChI is InChI=1S/C17H20N2O2S/c1-11-5-3-9-18-15(11)16(14-8-7-12(2)22-14)19-10-4-6-13(19)17(20)21/h3,5,7-9,13,16H,4,6,10H2,1-2H3,(H,20,21). The van der Waals surface area contributed by atoms with Gasteiger partial charge in [-0.1, -0.05) is 6.07 Å². The molecule has 4 nitrogen and oxygen atoms in total. The number of hydrogen-bond acceptors (Lipinski definition) is 4. The van der Waals surface area contributed by atoms with Crippen LogP contribution in [-0.2, 0) is 4.79 Å². The fraction of sp³-hybridized carbons (Fsp3) is 0.412. The van der Waals surface area contributed by atoms with E-state index in [1.165, 1.54) is 9.75 Å². The highest BCUT2D eigenvalue weighted by atomic mass is 32.1. The first-order chi connectivity index (χ1) is 10.6. The van der Waals surface area contributed by atoms with Crippen LogP contribution in [0.1, 0.15) is 39.9 Å². The second kappa shape index (κ2) is 6.18. The summed E-state index contributed by atoms with van der Waals surface area (Å²) in [5.41, 5.74) is 2.08. The Morgan fingerprint density at radius 1 is 1.41 bits per heavy atom. The molecule has 2 atom stereocenters. The molecule has 1 saturated heterocycles. The molecule has 0 spiro atoms. The molecular formula is C17H20N2O2S. The minimum Gasteiger partial charge on any atom is -0.480 e. The van der Waals surface area contributed by atoms with Crippen molar-refractivity contribution in [1.29, 1.82) is 0 Å². The Labute approximate surface area is 134 Å². The number of nitrogens with zero attached hydrogens (tertiary/aromatic N) is 2. The molecule has 0 aromatic carbocycles. The fourth-order valence-electron chi connectivity index (χ4n) is 3.20. The van der Waals surface area contributed by atoms with Crippen LogP contribution in [0.25, 0.3) is 0 Å². The van der Waals surface area contributed by atoms with Crippen LogP contribution in [0.3, 0.4) is 0 Å². The van der Waals surface area contributed by atoms with Crippen molar-refractivity contribution in [2.75, 3.05) is 6.54 Å². The number of carboxylic acids is 1. The van der Waals surface area contributed by atoms with Crippen molar-refractivity contribution >= 4 is 17.3 Å². The van der Waals surface area contributed by atoms with Gasteiger partial charge in [-0.2, -0.15) is 0 Å². The predicted molar refractivity (Wildman–Crippen MR) is 87.2 cm³/mol. The van der Waals surface area contributed by atoms with Gasteiger partial charge in [0.05, 0.1) is 11.7 Å². The van der Waals surface area contributed by atoms with E-state index >= 15 is 0 Å². The third kappa shape index (κ3) is 2.78. The molecule has 3 rings (SSSR count). The van der Waals surface area contributed by atoms with E-state index in [1.807, 2.05) is 19.1 Å². The van der Waals surface area contributed by atoms with E-state index in [9.17, 15) is 9.90 Å². The monoisotopic (exact) mass is 316 g/mol. The zero-order valence-corrected chi connectivity index (χ0v) is 13.6. The van der Waals surface area contributed by atoms with Gasteiger partial charge in [-0.3, -0.25) is 14.7 Å². The molecule has 1 N–H and O–H groups in total. The smallest absolute Gasteiger partial charge is 0.320 e. The number of thiophene rings is 1. The first-order valence-corrected chi connectivity index (χ1v) is 8.36. The molecule has 5 heteroatoms. The summed E-state index contributed by atoms with van der Waals surface area (Å²) in [6.45, 7) is 4.92. The number of carbonyl (C=O) groups is 1. The first-order valence-electron chi connectivity index (χ1n) is 7.54. The van der Waals surface area contributed by atoms with Crippen LogP contribution in [0.4, 0.5) is 0 Å². The molecule has 0 aliphatic carbocycles. The van der Waals surface area contributed by atoms with Crippen molar-refractivity contribution < 1.29 is 9.90 Å². The fourth-order valence-corrected chi connectivity index (χ4v) is 4.21. The molecule has 1 aliphatic heterocycles. The quantitative estimate of drug-likeness (QED) is 0.939. The highest BCUT2D eigenvalue weighted by Crippen LogP contribution is 2.38. The first kappa shape index (κ1) is 15.2. The molecule has 2 unspecified atom stereocenters. The van der Waals surface area contributed by atoms with Gasteiger partial charge in [0, 0.05) is 22.5 Å². The van der Waals surface area contributed by atoms with Crippen molar-refractivity contribution in [2.45, 2.75) is 38.8 Å². The van der Waals surface area contributed by atoms with Crippen LogP contribution >= 0.6 is 11.3 Å². The molecule has 1 fully saturated rings. The van der Waals surface area contributed by atoms with Gasteiger partial charge in [0.1, 0.15) is 6.04 Å². The number of rotatable bonds is 4. The van der Waals surface area contributed by atoms with E-state index < -0.39 is 12.0 Å². The maximum Gasteiger partial charge on any atom is 0.320 e. The van der Waals surface area contributed by atoms with Crippen molar-refractivity contribution in [2.24, 2.45) is 0 Å². The molecule has 116 valence electrons. The summed E-state index contributed by atoms with van der Waals surface area (Å²) in [4.78, 5) is 20.7. The Morgan fingerprint density at radius 2 is 2.23 bits per heavy atom. The largest absolute Gasteiger partial charge is 0.480 e. The van der Waals surface area contributed by atoms with Crippen molar-refractivity contribution in [3.8, 4) is 0 Å². The van der Waals surface area contributed by atoms with Crippen molar-refractivity contribution in [3.63, 3.8) is 0 Å². The molecular weight excluding hydrogens is 296 g/mol. The van der Waals surface area contributed by atoms with Gasteiger partial charge in [0.2, 0.25) is 0 Å². The van der Waals surface area contributed by atoms with E-state index in [2.05, 4.69) is 28.9 Å². The lowest BCUT2D eigenvalue weighted by Gasteiger charge is -2.31. The van der Waals surface area contributed by atoms with Crippen LogP contribution in [0.5, 0.6) is 0 Å². The molecule has 1 aliphatic rings. The average Bonchev–Trinajstić information content (AvgIpc) is 3.11. The normalized spacial score (nSPS) is 20.2. The van der Waals surface area contributed by atoms with E-state index in [0.717, 1.165) is 24.2 Å². The number of likely N-dealkylation sites (tertiary alicyclic amines) is 1. The maximum atomic E-state index is 11.6. The highest BCUT2D eigenvalue weighted by Gasteiger charge is 2.38. The van der Waals surface area contributed by atoms with Crippen LogP contribution in [0.2, 0.25) is 0 Å². The number of aromatic nitrogens is 1. The lowest BCUT2D eigenvalue weighted by molar-refractivity contribution is -0.142. The van der Waals surface area contributed by atoms with Crippen molar-refractivity contribution in [1.82, 2.24) is 9.88 Å². The van der Waals surface area contributed by atoms with Gasteiger partial charge in [-0.25, -0.2) is 0 Å². The number of pyridine rings is 1. The van der Waals surface area contributed by atoms with E-state index in [-0.39, 0.29) is 6.04 Å². The Bertz CT molecular complexity index is 683. The molecule has 0 radical (unpaired) electrons. The Balaban J connectivity index is 2.07. The number of hydrogen-bond donors (Lipinski definition) is 1. The summed E-state index contributed by atoms with van der Waals surface area (Å²) in [7, 11) is 0. The van der Waals surface area contributed by atoms with Crippen LogP contribution in [-0.4, -0.2) is 33.5 Å². The van der Waals surface area contributed by atoms with Crippen LogP contribution in [0, 0.1) is 13.8 Å². The summed E-state index contributed by atoms with van der Waals surface area (Å²) in [5, 5.41) is 9.54. The maximum absolute atomic E-state index is 11.6. The van der Waals surface area contributed by atoms with Crippen LogP contribution in [0.15, 0.2) is 30.5 Å². The number of carboxylic acid groups (broad SMARTS) is 1. The van der Waals surface area contributed by atoms with Gasteiger partial charge < -0.3 is 5.11 Å². The predicted octanol–water partition coefficient (Wildman–Crippen LogP) is 3.40. The Morgan fingerprint density at radius 3 is 2.86 bits per heavy atom. The number of aliphatic carboxylic acids is 1. The lowest BCUT2D eigenvalue weighted by Crippen LogP contribution is -2.39. The second-order valence-electron chi connectivity index (χ2n) is 5.79. The van der Waals surface area contributed by atoms with Crippen LogP contribution < -0.4 is 0 Å². The summed E-state index contributed by atoms with van der Waals surface area (Å²) in [6.07, 6.45) is 3.42. The van der Waals surface area contributed by atoms with Gasteiger partial charge in [-0.15, -0.1) is 11.3 Å². The molecule has 2 aromatic heterocycles. The minimum atomic E-state index is -0.732. The molecule has 22 heavy (non-hydrogen) atoms. The molecule has 0 amide bonds. The van der Waals surface area contributed by atoms with Crippen molar-refractivity contribution in [3.05, 3.63) is 51.5 Å².